The Morgan fingerprint density at radius 3 is 2.63 bits per heavy atom. The van der Waals surface area contributed by atoms with Crippen LogP contribution in [-0.2, 0) is 16.1 Å². The van der Waals surface area contributed by atoms with Crippen LogP contribution in [0.2, 0.25) is 0 Å². The van der Waals surface area contributed by atoms with Crippen molar-refractivity contribution >= 4 is 60.8 Å². The van der Waals surface area contributed by atoms with E-state index >= 15 is 0 Å². The summed E-state index contributed by atoms with van der Waals surface area (Å²) in [5.41, 5.74) is 2.60. The Kier molecular flexibility index (Phi) is 6.49. The van der Waals surface area contributed by atoms with E-state index in [2.05, 4.69) is 21.0 Å². The van der Waals surface area contributed by atoms with Gasteiger partial charge in [0.2, 0.25) is 11.7 Å². The molecular weight excluding hydrogens is 586 g/mol. The molecule has 9 nitrogen and oxygen atoms in total. The summed E-state index contributed by atoms with van der Waals surface area (Å²) < 4.78 is 15.6. The molecule has 0 unspecified atom stereocenters. The van der Waals surface area contributed by atoms with Gasteiger partial charge in [-0.1, -0.05) is 46.3 Å². The van der Waals surface area contributed by atoms with E-state index in [9.17, 15) is 9.59 Å². The third kappa shape index (κ3) is 4.75. The number of carbonyl (C=O) groups is 1. The molecule has 204 valence electrons. The highest BCUT2D eigenvalue weighted by Gasteiger charge is 2.20. The highest BCUT2D eigenvalue weighted by Crippen LogP contribution is 2.29. The van der Waals surface area contributed by atoms with E-state index in [1.165, 1.54) is 4.68 Å². The lowest BCUT2D eigenvalue weighted by Gasteiger charge is -2.27. The number of rotatable bonds is 5. The lowest BCUT2D eigenvalue weighted by molar-refractivity contribution is -0.135. The second-order valence-electron chi connectivity index (χ2n) is 9.83. The van der Waals surface area contributed by atoms with E-state index in [-0.39, 0.29) is 18.0 Å². The van der Waals surface area contributed by atoms with Crippen molar-refractivity contribution in [3.8, 4) is 11.6 Å². The predicted octanol–water partition coefficient (Wildman–Crippen LogP) is 5.27. The van der Waals surface area contributed by atoms with Crippen LogP contribution < -0.4 is 5.56 Å². The third-order valence-corrected chi connectivity index (χ3v) is 7.75. The molecule has 0 spiro atoms. The molecule has 3 aromatic carbocycles. The second-order valence-corrected chi connectivity index (χ2v) is 10.7. The van der Waals surface area contributed by atoms with Gasteiger partial charge in [0.15, 0.2) is 5.76 Å². The van der Waals surface area contributed by atoms with Crippen molar-refractivity contribution in [2.24, 2.45) is 5.10 Å². The molecule has 0 bridgehead atoms. The Bertz CT molecular complexity index is 2030. The number of ether oxygens (including phenoxy) is 1. The van der Waals surface area contributed by atoms with Gasteiger partial charge in [0.25, 0.3) is 5.56 Å². The molecule has 1 saturated heterocycles. The van der Waals surface area contributed by atoms with Crippen LogP contribution in [0, 0.1) is 0 Å². The molecule has 1 aliphatic rings. The maximum Gasteiger partial charge on any atom is 0.282 e. The average molecular weight is 610 g/mol. The van der Waals surface area contributed by atoms with E-state index in [1.54, 1.807) is 24.4 Å². The number of aromatic nitrogens is 3. The minimum atomic E-state index is -0.310. The molecule has 3 aromatic heterocycles. The summed E-state index contributed by atoms with van der Waals surface area (Å²) in [6.45, 7) is 2.48. The molecule has 1 fully saturated rings. The van der Waals surface area contributed by atoms with Gasteiger partial charge in [-0.3, -0.25) is 9.59 Å². The molecule has 0 aliphatic carbocycles. The van der Waals surface area contributed by atoms with Gasteiger partial charge in [0.1, 0.15) is 12.1 Å². The first-order chi connectivity index (χ1) is 20.0. The largest absolute Gasteiger partial charge is 0.453 e. The summed E-state index contributed by atoms with van der Waals surface area (Å²) >= 11 is 3.50. The zero-order chi connectivity index (χ0) is 27.9. The lowest BCUT2D eigenvalue weighted by Crippen LogP contribution is -2.42. The maximum atomic E-state index is 13.7. The number of amides is 1. The van der Waals surface area contributed by atoms with Gasteiger partial charge < -0.3 is 18.6 Å². The number of para-hydroxylation sites is 2. The van der Waals surface area contributed by atoms with Crippen molar-refractivity contribution < 1.29 is 13.9 Å². The number of carbonyl (C=O) groups excluding carboxylic acids is 1. The van der Waals surface area contributed by atoms with Crippen molar-refractivity contribution in [2.75, 3.05) is 26.3 Å². The van der Waals surface area contributed by atoms with Gasteiger partial charge in [-0.25, -0.2) is 4.98 Å². The minimum absolute atomic E-state index is 0.0336. The number of fused-ring (bicyclic) bond motifs is 3. The fourth-order valence-electron chi connectivity index (χ4n) is 5.20. The topological polar surface area (TPSA) is 94.9 Å². The first kappa shape index (κ1) is 25.4. The number of benzene rings is 3. The van der Waals surface area contributed by atoms with Gasteiger partial charge in [-0.05, 0) is 42.5 Å². The number of hydrogen-bond donors (Lipinski definition) is 0. The molecule has 4 heterocycles. The van der Waals surface area contributed by atoms with Crippen LogP contribution >= 0.6 is 15.9 Å². The normalized spacial score (nSPS) is 14.1. The van der Waals surface area contributed by atoms with Crippen molar-refractivity contribution in [1.29, 1.82) is 0 Å². The molecule has 1 amide bonds. The first-order valence-corrected chi connectivity index (χ1v) is 14.0. The van der Waals surface area contributed by atoms with E-state index < -0.39 is 0 Å². The Morgan fingerprint density at radius 1 is 1.00 bits per heavy atom. The molecular formula is C31H24BrN5O4. The second kappa shape index (κ2) is 10.5. The first-order valence-electron chi connectivity index (χ1n) is 13.2. The number of halogens is 1. The van der Waals surface area contributed by atoms with Gasteiger partial charge >= 0.3 is 0 Å². The fraction of sp³-hybridized carbons (Fsp3) is 0.161. The number of morpholine rings is 1. The Labute approximate surface area is 242 Å². The van der Waals surface area contributed by atoms with Crippen LogP contribution in [0.1, 0.15) is 5.56 Å². The standard InChI is InChI=1S/C31H24BrN5O4/c32-22-9-10-27-20(15-22)16-28(41-27)30-34-25-7-3-1-6-24(25)31(39)37(30)33-17-21-18-36(26-8-4-2-5-23(21)26)19-29(38)35-11-13-40-14-12-35/h1-10,15-18H,11-14,19H2. The summed E-state index contributed by atoms with van der Waals surface area (Å²) in [5.74, 6) is 0.756. The third-order valence-electron chi connectivity index (χ3n) is 7.25. The monoisotopic (exact) mass is 609 g/mol. The quantitative estimate of drug-likeness (QED) is 0.248. The molecule has 0 radical (unpaired) electrons. The molecule has 0 atom stereocenters. The van der Waals surface area contributed by atoms with E-state index in [0.717, 1.165) is 26.3 Å². The van der Waals surface area contributed by atoms with Gasteiger partial charge in [0.05, 0.1) is 30.3 Å². The fourth-order valence-corrected chi connectivity index (χ4v) is 5.58. The summed E-state index contributed by atoms with van der Waals surface area (Å²) in [6, 6.07) is 22.6. The number of nitrogens with zero attached hydrogens (tertiary/aromatic N) is 5. The predicted molar refractivity (Wildman–Crippen MR) is 161 cm³/mol. The van der Waals surface area contributed by atoms with Gasteiger partial charge in [-0.15, -0.1) is 0 Å². The van der Waals surface area contributed by atoms with Crippen LogP contribution in [0.3, 0.4) is 0 Å². The Morgan fingerprint density at radius 2 is 1.78 bits per heavy atom. The van der Waals surface area contributed by atoms with Crippen LogP contribution in [-0.4, -0.2) is 57.6 Å². The number of furan rings is 1. The maximum absolute atomic E-state index is 13.7. The minimum Gasteiger partial charge on any atom is -0.453 e. The van der Waals surface area contributed by atoms with Crippen molar-refractivity contribution in [3.63, 3.8) is 0 Å². The average Bonchev–Trinajstić information content (AvgIpc) is 3.58. The van der Waals surface area contributed by atoms with E-state index in [4.69, 9.17) is 14.1 Å². The summed E-state index contributed by atoms with van der Waals surface area (Å²) in [6.07, 6.45) is 3.53. The summed E-state index contributed by atoms with van der Waals surface area (Å²) in [4.78, 5) is 33.3. The molecule has 1 aliphatic heterocycles. The molecule has 0 saturated carbocycles. The van der Waals surface area contributed by atoms with Gasteiger partial charge in [0, 0.05) is 45.6 Å². The zero-order valence-corrected chi connectivity index (χ0v) is 23.5. The number of hydrogen-bond acceptors (Lipinski definition) is 6. The Hall–Kier alpha value is -4.54. The zero-order valence-electron chi connectivity index (χ0n) is 21.9. The Balaban J connectivity index is 1.33. The van der Waals surface area contributed by atoms with Gasteiger partial charge in [-0.2, -0.15) is 9.78 Å². The molecule has 7 rings (SSSR count). The van der Waals surface area contributed by atoms with Crippen LogP contribution in [0.4, 0.5) is 0 Å². The van der Waals surface area contributed by atoms with Crippen molar-refractivity contribution in [2.45, 2.75) is 6.54 Å². The van der Waals surface area contributed by atoms with Crippen molar-refractivity contribution in [3.05, 3.63) is 99.4 Å². The van der Waals surface area contributed by atoms with Crippen LogP contribution in [0.25, 0.3) is 44.4 Å². The van der Waals surface area contributed by atoms with E-state index in [0.29, 0.717) is 54.4 Å². The highest BCUT2D eigenvalue weighted by molar-refractivity contribution is 9.10. The molecule has 0 N–H and O–H groups in total. The van der Waals surface area contributed by atoms with Crippen molar-refractivity contribution in [1.82, 2.24) is 19.1 Å². The SMILES string of the molecule is O=C(Cn1cc(C=Nn2c(-c3cc4cc(Br)ccc4o3)nc3ccccc3c2=O)c2ccccc21)N1CCOCC1. The molecule has 10 heteroatoms. The van der Waals surface area contributed by atoms with Crippen LogP contribution in [0.15, 0.2) is 97.8 Å². The van der Waals surface area contributed by atoms with E-state index in [1.807, 2.05) is 70.3 Å². The summed E-state index contributed by atoms with van der Waals surface area (Å²) in [5, 5.41) is 6.89. The molecule has 41 heavy (non-hydrogen) atoms. The lowest BCUT2D eigenvalue weighted by atomic mass is 10.2. The smallest absolute Gasteiger partial charge is 0.282 e. The van der Waals surface area contributed by atoms with Crippen LogP contribution in [0.5, 0.6) is 0 Å². The molecule has 6 aromatic rings. The summed E-state index contributed by atoms with van der Waals surface area (Å²) in [7, 11) is 0. The highest BCUT2D eigenvalue weighted by atomic mass is 79.9.